The smallest absolute Gasteiger partial charge is 0.224 e. The van der Waals surface area contributed by atoms with Crippen LogP contribution in [-0.4, -0.2) is 34.8 Å². The summed E-state index contributed by atoms with van der Waals surface area (Å²) < 4.78 is 0. The molecule has 1 unspecified atom stereocenters. The Morgan fingerprint density at radius 2 is 1.86 bits per heavy atom. The molecule has 0 spiro atoms. The molecule has 0 bridgehead atoms. The van der Waals surface area contributed by atoms with Crippen molar-refractivity contribution in [2.45, 2.75) is 32.8 Å². The number of aliphatic hydroxyl groups excluding tert-OH is 1. The summed E-state index contributed by atoms with van der Waals surface area (Å²) in [6.07, 6.45) is 1.59. The van der Waals surface area contributed by atoms with Crippen LogP contribution < -0.4 is 10.6 Å². The van der Waals surface area contributed by atoms with Gasteiger partial charge in [0.05, 0.1) is 11.6 Å². The van der Waals surface area contributed by atoms with Crippen LogP contribution in [-0.2, 0) is 0 Å². The average Bonchev–Trinajstić information content (AvgIpc) is 2.53. The Hall–Kier alpha value is -1.88. The number of nitrogens with zero attached hydrogens (tertiary/aromatic N) is 2. The number of hydrogen-bond acceptors (Lipinski definition) is 5. The summed E-state index contributed by atoms with van der Waals surface area (Å²) in [5, 5.41) is 17.5. The minimum absolute atomic E-state index is 0.314. The SMILES string of the molecule is CCC(CC)C(O)CNc1nc(NC)nc2ccccc12. The Morgan fingerprint density at radius 3 is 2.52 bits per heavy atom. The molecule has 0 aliphatic heterocycles. The summed E-state index contributed by atoms with van der Waals surface area (Å²) in [7, 11) is 1.80. The van der Waals surface area contributed by atoms with E-state index in [-0.39, 0.29) is 6.10 Å². The fraction of sp³-hybridized carbons (Fsp3) is 0.500. The quantitative estimate of drug-likeness (QED) is 0.731. The highest BCUT2D eigenvalue weighted by Crippen LogP contribution is 2.22. The average molecular weight is 288 g/mol. The van der Waals surface area contributed by atoms with Gasteiger partial charge in [0.25, 0.3) is 0 Å². The van der Waals surface area contributed by atoms with Crippen molar-refractivity contribution >= 4 is 22.7 Å². The monoisotopic (exact) mass is 288 g/mol. The Bertz CT molecular complexity index is 583. The second kappa shape index (κ2) is 7.22. The molecule has 0 fully saturated rings. The minimum atomic E-state index is -0.369. The molecule has 1 heterocycles. The third kappa shape index (κ3) is 3.61. The minimum Gasteiger partial charge on any atom is -0.391 e. The lowest BCUT2D eigenvalue weighted by molar-refractivity contribution is 0.114. The maximum absolute atomic E-state index is 10.2. The highest BCUT2D eigenvalue weighted by atomic mass is 16.3. The Balaban J connectivity index is 2.21. The van der Waals surface area contributed by atoms with Crippen molar-refractivity contribution in [3.05, 3.63) is 24.3 Å². The first kappa shape index (κ1) is 15.5. The summed E-state index contributed by atoms with van der Waals surface area (Å²) in [6.45, 7) is 4.71. The van der Waals surface area contributed by atoms with Gasteiger partial charge in [-0.1, -0.05) is 38.8 Å². The Kier molecular flexibility index (Phi) is 5.33. The van der Waals surface area contributed by atoms with E-state index < -0.39 is 0 Å². The molecule has 0 saturated heterocycles. The first-order valence-electron chi connectivity index (χ1n) is 7.56. The van der Waals surface area contributed by atoms with Gasteiger partial charge in [-0.05, 0) is 18.1 Å². The summed E-state index contributed by atoms with van der Waals surface area (Å²) in [4.78, 5) is 8.88. The predicted octanol–water partition coefficient (Wildman–Crippen LogP) is 2.88. The van der Waals surface area contributed by atoms with Gasteiger partial charge in [-0.3, -0.25) is 0 Å². The molecule has 0 aliphatic rings. The number of aromatic nitrogens is 2. The van der Waals surface area contributed by atoms with Crippen molar-refractivity contribution in [3.8, 4) is 0 Å². The number of benzene rings is 1. The lowest BCUT2D eigenvalue weighted by atomic mass is 9.96. The van der Waals surface area contributed by atoms with Crippen LogP contribution in [0.4, 0.5) is 11.8 Å². The van der Waals surface area contributed by atoms with Crippen molar-refractivity contribution in [1.82, 2.24) is 9.97 Å². The topological polar surface area (TPSA) is 70.1 Å². The molecule has 0 radical (unpaired) electrons. The van der Waals surface area contributed by atoms with Crippen molar-refractivity contribution in [3.63, 3.8) is 0 Å². The van der Waals surface area contributed by atoms with Crippen LogP contribution in [0.2, 0.25) is 0 Å². The highest BCUT2D eigenvalue weighted by molar-refractivity contribution is 5.89. The molecule has 5 heteroatoms. The molecule has 114 valence electrons. The van der Waals surface area contributed by atoms with E-state index in [4.69, 9.17) is 0 Å². The molecule has 21 heavy (non-hydrogen) atoms. The van der Waals surface area contributed by atoms with E-state index in [1.807, 2.05) is 24.3 Å². The normalized spacial score (nSPS) is 12.6. The molecule has 1 aromatic heterocycles. The van der Waals surface area contributed by atoms with Gasteiger partial charge in [0.2, 0.25) is 5.95 Å². The first-order valence-corrected chi connectivity index (χ1v) is 7.56. The van der Waals surface area contributed by atoms with E-state index in [2.05, 4.69) is 34.4 Å². The van der Waals surface area contributed by atoms with Crippen LogP contribution in [0.3, 0.4) is 0 Å². The van der Waals surface area contributed by atoms with Crippen LogP contribution in [0.5, 0.6) is 0 Å². The molecular formula is C16H24N4O. The third-order valence-electron chi connectivity index (χ3n) is 3.90. The molecular weight excluding hydrogens is 264 g/mol. The third-order valence-corrected chi connectivity index (χ3v) is 3.90. The van der Waals surface area contributed by atoms with Gasteiger partial charge < -0.3 is 15.7 Å². The lowest BCUT2D eigenvalue weighted by Gasteiger charge is -2.21. The second-order valence-corrected chi connectivity index (χ2v) is 5.19. The van der Waals surface area contributed by atoms with Gasteiger partial charge in [0, 0.05) is 19.0 Å². The molecule has 0 amide bonds. The standard InChI is InChI=1S/C16H24N4O/c1-4-11(5-2)14(21)10-18-15-12-8-6-7-9-13(12)19-16(17-3)20-15/h6-9,11,14,21H,4-5,10H2,1-3H3,(H2,17,18,19,20). The van der Waals surface area contributed by atoms with E-state index in [0.717, 1.165) is 29.6 Å². The van der Waals surface area contributed by atoms with Gasteiger partial charge in [-0.2, -0.15) is 4.98 Å². The molecule has 0 saturated carbocycles. The fourth-order valence-electron chi connectivity index (χ4n) is 2.52. The summed E-state index contributed by atoms with van der Waals surface area (Å²) >= 11 is 0. The van der Waals surface area contributed by atoms with E-state index in [9.17, 15) is 5.11 Å². The van der Waals surface area contributed by atoms with Crippen LogP contribution in [0.1, 0.15) is 26.7 Å². The van der Waals surface area contributed by atoms with Gasteiger partial charge in [-0.25, -0.2) is 4.98 Å². The molecule has 1 atom stereocenters. The Morgan fingerprint density at radius 1 is 1.14 bits per heavy atom. The maximum atomic E-state index is 10.2. The maximum Gasteiger partial charge on any atom is 0.224 e. The number of para-hydroxylation sites is 1. The molecule has 1 aromatic carbocycles. The van der Waals surface area contributed by atoms with Crippen LogP contribution in [0, 0.1) is 5.92 Å². The van der Waals surface area contributed by atoms with Gasteiger partial charge in [0.1, 0.15) is 5.82 Å². The van der Waals surface area contributed by atoms with E-state index >= 15 is 0 Å². The van der Waals surface area contributed by atoms with Gasteiger partial charge in [0.15, 0.2) is 0 Å². The number of nitrogens with one attached hydrogen (secondary N) is 2. The fourth-order valence-corrected chi connectivity index (χ4v) is 2.52. The van der Waals surface area contributed by atoms with Crippen molar-refractivity contribution in [1.29, 1.82) is 0 Å². The van der Waals surface area contributed by atoms with Crippen LogP contribution >= 0.6 is 0 Å². The number of rotatable bonds is 7. The molecule has 0 aliphatic carbocycles. The summed E-state index contributed by atoms with van der Waals surface area (Å²) in [6, 6.07) is 7.87. The van der Waals surface area contributed by atoms with Crippen LogP contribution in [0.25, 0.3) is 10.9 Å². The number of fused-ring (bicyclic) bond motifs is 1. The number of anilines is 2. The van der Waals surface area contributed by atoms with Gasteiger partial charge in [-0.15, -0.1) is 0 Å². The summed E-state index contributed by atoms with van der Waals surface area (Å²) in [5.41, 5.74) is 0.886. The summed E-state index contributed by atoms with van der Waals surface area (Å²) in [5.74, 6) is 1.65. The second-order valence-electron chi connectivity index (χ2n) is 5.19. The molecule has 3 N–H and O–H groups in total. The lowest BCUT2D eigenvalue weighted by Crippen LogP contribution is -2.28. The largest absolute Gasteiger partial charge is 0.391 e. The molecule has 2 rings (SSSR count). The zero-order chi connectivity index (χ0) is 15.2. The van der Waals surface area contributed by atoms with Crippen molar-refractivity contribution < 1.29 is 5.11 Å². The molecule has 5 nitrogen and oxygen atoms in total. The number of aliphatic hydroxyl groups is 1. The van der Waals surface area contributed by atoms with Crippen molar-refractivity contribution in [2.24, 2.45) is 5.92 Å². The first-order chi connectivity index (χ1) is 10.2. The highest BCUT2D eigenvalue weighted by Gasteiger charge is 2.16. The van der Waals surface area contributed by atoms with E-state index in [1.165, 1.54) is 0 Å². The molecule has 2 aromatic rings. The van der Waals surface area contributed by atoms with Crippen LogP contribution in [0.15, 0.2) is 24.3 Å². The van der Waals surface area contributed by atoms with E-state index in [0.29, 0.717) is 18.4 Å². The predicted molar refractivity (Wildman–Crippen MR) is 87.7 cm³/mol. The van der Waals surface area contributed by atoms with Gasteiger partial charge >= 0.3 is 0 Å². The zero-order valence-electron chi connectivity index (χ0n) is 12.9. The Labute approximate surface area is 125 Å². The zero-order valence-corrected chi connectivity index (χ0v) is 12.9. The van der Waals surface area contributed by atoms with E-state index in [1.54, 1.807) is 7.05 Å². The number of hydrogen-bond donors (Lipinski definition) is 3. The van der Waals surface area contributed by atoms with Crippen molar-refractivity contribution in [2.75, 3.05) is 24.2 Å².